The summed E-state index contributed by atoms with van der Waals surface area (Å²) in [6, 6.07) is 0.151. The van der Waals surface area contributed by atoms with Gasteiger partial charge in [0, 0.05) is 25.4 Å². The van der Waals surface area contributed by atoms with Gasteiger partial charge in [-0.1, -0.05) is 19.8 Å². The lowest BCUT2D eigenvalue weighted by molar-refractivity contribution is -0.138. The van der Waals surface area contributed by atoms with E-state index >= 15 is 0 Å². The number of unbranched alkanes of at least 4 members (excludes halogenated alkanes) is 2. The first kappa shape index (κ1) is 15.9. The highest BCUT2D eigenvalue weighted by Crippen LogP contribution is 2.08. The van der Waals surface area contributed by atoms with Gasteiger partial charge in [-0.3, -0.25) is 9.59 Å². The Kier molecular flexibility index (Phi) is 8.46. The van der Waals surface area contributed by atoms with Gasteiger partial charge in [0.05, 0.1) is 0 Å². The second kappa shape index (κ2) is 9.02. The Hall–Kier alpha value is -1.06. The fourth-order valence-electron chi connectivity index (χ4n) is 1.74. The Labute approximate surface area is 104 Å². The molecule has 100 valence electrons. The molecular weight excluding hydrogens is 218 g/mol. The average Bonchev–Trinajstić information content (AvgIpc) is 2.23. The summed E-state index contributed by atoms with van der Waals surface area (Å²) in [5, 5.41) is 8.57. The zero-order valence-electron chi connectivity index (χ0n) is 11.2. The highest BCUT2D eigenvalue weighted by atomic mass is 16.4. The van der Waals surface area contributed by atoms with Crippen LogP contribution in [0.25, 0.3) is 0 Å². The molecule has 0 atom stereocenters. The van der Waals surface area contributed by atoms with Crippen molar-refractivity contribution >= 4 is 11.9 Å². The van der Waals surface area contributed by atoms with E-state index in [1.54, 1.807) is 4.90 Å². The Morgan fingerprint density at radius 1 is 1.12 bits per heavy atom. The third-order valence-corrected chi connectivity index (χ3v) is 2.73. The summed E-state index contributed by atoms with van der Waals surface area (Å²) < 4.78 is 0. The van der Waals surface area contributed by atoms with Crippen molar-refractivity contribution in [1.29, 1.82) is 0 Å². The standard InChI is InChI=1S/C13H25NO3/c1-4-5-6-8-12(15)14(11(2)3)10-7-9-13(16)17/h11H,4-10H2,1-3H3,(H,16,17). The van der Waals surface area contributed by atoms with Crippen LogP contribution in [-0.4, -0.2) is 34.5 Å². The van der Waals surface area contributed by atoms with Crippen molar-refractivity contribution in [2.24, 2.45) is 0 Å². The molecule has 0 fully saturated rings. The number of nitrogens with zero attached hydrogens (tertiary/aromatic N) is 1. The molecule has 1 N–H and O–H groups in total. The van der Waals surface area contributed by atoms with Gasteiger partial charge in [-0.2, -0.15) is 0 Å². The summed E-state index contributed by atoms with van der Waals surface area (Å²) in [4.78, 5) is 24.1. The molecular formula is C13H25NO3. The van der Waals surface area contributed by atoms with Crippen molar-refractivity contribution in [2.75, 3.05) is 6.54 Å². The number of amides is 1. The van der Waals surface area contributed by atoms with Gasteiger partial charge in [-0.25, -0.2) is 0 Å². The summed E-state index contributed by atoms with van der Waals surface area (Å²) in [7, 11) is 0. The molecule has 0 saturated carbocycles. The molecule has 0 bridgehead atoms. The van der Waals surface area contributed by atoms with Crippen LogP contribution in [0.2, 0.25) is 0 Å². The number of carbonyl (C=O) groups is 2. The maximum atomic E-state index is 11.9. The maximum absolute atomic E-state index is 11.9. The van der Waals surface area contributed by atoms with E-state index in [1.807, 2.05) is 13.8 Å². The van der Waals surface area contributed by atoms with E-state index in [0.29, 0.717) is 19.4 Å². The largest absolute Gasteiger partial charge is 0.481 e. The van der Waals surface area contributed by atoms with Gasteiger partial charge >= 0.3 is 5.97 Å². The lowest BCUT2D eigenvalue weighted by Gasteiger charge is -2.26. The number of carboxylic acids is 1. The molecule has 0 aromatic heterocycles. The van der Waals surface area contributed by atoms with Gasteiger partial charge in [0.15, 0.2) is 0 Å². The monoisotopic (exact) mass is 243 g/mol. The molecule has 0 aliphatic heterocycles. The van der Waals surface area contributed by atoms with Crippen molar-refractivity contribution in [1.82, 2.24) is 4.90 Å². The Balaban J connectivity index is 4.03. The molecule has 0 rings (SSSR count). The minimum Gasteiger partial charge on any atom is -0.481 e. The molecule has 17 heavy (non-hydrogen) atoms. The first-order chi connectivity index (χ1) is 7.99. The minimum atomic E-state index is -0.799. The Morgan fingerprint density at radius 3 is 2.24 bits per heavy atom. The molecule has 0 spiro atoms. The third-order valence-electron chi connectivity index (χ3n) is 2.73. The highest BCUT2D eigenvalue weighted by molar-refractivity contribution is 5.76. The van der Waals surface area contributed by atoms with Crippen LogP contribution in [0.4, 0.5) is 0 Å². The fourth-order valence-corrected chi connectivity index (χ4v) is 1.74. The molecule has 0 aromatic carbocycles. The molecule has 0 heterocycles. The molecule has 0 aliphatic carbocycles. The summed E-state index contributed by atoms with van der Waals surface area (Å²) >= 11 is 0. The number of hydrogen-bond acceptors (Lipinski definition) is 2. The molecule has 0 unspecified atom stereocenters. The minimum absolute atomic E-state index is 0.130. The SMILES string of the molecule is CCCCCC(=O)N(CCCC(=O)O)C(C)C. The number of carboxylic acid groups (broad SMARTS) is 1. The van der Waals surface area contributed by atoms with E-state index in [-0.39, 0.29) is 18.4 Å². The number of carbonyl (C=O) groups excluding carboxylic acids is 1. The maximum Gasteiger partial charge on any atom is 0.303 e. The summed E-state index contributed by atoms with van der Waals surface area (Å²) in [6.07, 6.45) is 4.36. The first-order valence-corrected chi connectivity index (χ1v) is 6.50. The predicted molar refractivity (Wildman–Crippen MR) is 67.9 cm³/mol. The molecule has 4 nitrogen and oxygen atoms in total. The van der Waals surface area contributed by atoms with E-state index in [4.69, 9.17) is 5.11 Å². The van der Waals surface area contributed by atoms with Gasteiger partial charge in [0.2, 0.25) is 5.91 Å². The number of hydrogen-bond donors (Lipinski definition) is 1. The van der Waals surface area contributed by atoms with Gasteiger partial charge in [-0.15, -0.1) is 0 Å². The van der Waals surface area contributed by atoms with E-state index in [2.05, 4.69) is 6.92 Å². The van der Waals surface area contributed by atoms with Gasteiger partial charge in [0.1, 0.15) is 0 Å². The summed E-state index contributed by atoms with van der Waals surface area (Å²) in [5.74, 6) is -0.647. The van der Waals surface area contributed by atoms with Crippen LogP contribution in [0.3, 0.4) is 0 Å². The molecule has 1 amide bonds. The van der Waals surface area contributed by atoms with Gasteiger partial charge in [-0.05, 0) is 26.7 Å². The lowest BCUT2D eigenvalue weighted by atomic mass is 10.1. The van der Waals surface area contributed by atoms with Crippen LogP contribution >= 0.6 is 0 Å². The van der Waals surface area contributed by atoms with E-state index < -0.39 is 5.97 Å². The summed E-state index contributed by atoms with van der Waals surface area (Å²) in [5.41, 5.74) is 0. The number of aliphatic carboxylic acids is 1. The van der Waals surface area contributed by atoms with Crippen molar-refractivity contribution < 1.29 is 14.7 Å². The van der Waals surface area contributed by atoms with Gasteiger partial charge < -0.3 is 10.0 Å². The van der Waals surface area contributed by atoms with Crippen LogP contribution in [0, 0.1) is 0 Å². The number of rotatable bonds is 9. The molecule has 0 radical (unpaired) electrons. The van der Waals surface area contributed by atoms with E-state index in [1.165, 1.54) is 0 Å². The van der Waals surface area contributed by atoms with Crippen LogP contribution in [-0.2, 0) is 9.59 Å². The van der Waals surface area contributed by atoms with E-state index in [9.17, 15) is 9.59 Å². The summed E-state index contributed by atoms with van der Waals surface area (Å²) in [6.45, 7) is 6.60. The van der Waals surface area contributed by atoms with Crippen molar-refractivity contribution in [3.8, 4) is 0 Å². The molecule has 0 aromatic rings. The fraction of sp³-hybridized carbons (Fsp3) is 0.846. The zero-order chi connectivity index (χ0) is 13.3. The van der Waals surface area contributed by atoms with Crippen molar-refractivity contribution in [3.05, 3.63) is 0 Å². The second-order valence-corrected chi connectivity index (χ2v) is 4.64. The van der Waals surface area contributed by atoms with Crippen LogP contribution in [0.5, 0.6) is 0 Å². The quantitative estimate of drug-likeness (QED) is 0.633. The average molecular weight is 243 g/mol. The van der Waals surface area contributed by atoms with Crippen LogP contribution < -0.4 is 0 Å². The van der Waals surface area contributed by atoms with Gasteiger partial charge in [0.25, 0.3) is 0 Å². The lowest BCUT2D eigenvalue weighted by Crippen LogP contribution is -2.37. The van der Waals surface area contributed by atoms with E-state index in [0.717, 1.165) is 19.3 Å². The normalized spacial score (nSPS) is 10.6. The second-order valence-electron chi connectivity index (χ2n) is 4.64. The van der Waals surface area contributed by atoms with Crippen LogP contribution in [0.15, 0.2) is 0 Å². The first-order valence-electron chi connectivity index (χ1n) is 6.50. The smallest absolute Gasteiger partial charge is 0.303 e. The Bertz CT molecular complexity index is 239. The zero-order valence-corrected chi connectivity index (χ0v) is 11.2. The predicted octanol–water partition coefficient (Wildman–Crippen LogP) is 2.67. The molecule has 0 aliphatic rings. The van der Waals surface area contributed by atoms with Crippen molar-refractivity contribution in [3.63, 3.8) is 0 Å². The third kappa shape index (κ3) is 7.77. The molecule has 0 saturated heterocycles. The van der Waals surface area contributed by atoms with Crippen LogP contribution in [0.1, 0.15) is 59.3 Å². The Morgan fingerprint density at radius 2 is 1.76 bits per heavy atom. The highest BCUT2D eigenvalue weighted by Gasteiger charge is 2.16. The van der Waals surface area contributed by atoms with Crippen molar-refractivity contribution in [2.45, 2.75) is 65.3 Å². The topological polar surface area (TPSA) is 57.6 Å². The molecule has 4 heteroatoms.